The van der Waals surface area contributed by atoms with Crippen LogP contribution in [0.5, 0.6) is 5.75 Å². The van der Waals surface area contributed by atoms with Crippen LogP contribution in [-0.2, 0) is 16.0 Å². The second kappa shape index (κ2) is 10.9. The predicted octanol–water partition coefficient (Wildman–Crippen LogP) is 0.496. The highest BCUT2D eigenvalue weighted by Gasteiger charge is 2.20. The van der Waals surface area contributed by atoms with E-state index < -0.39 is 0 Å². The van der Waals surface area contributed by atoms with Gasteiger partial charge in [-0.1, -0.05) is 12.1 Å². The zero-order chi connectivity index (χ0) is 19.6. The normalized spacial score (nSPS) is 15.6. The number of nitrogens with zero attached hydrogens (tertiary/aromatic N) is 2. The van der Waals surface area contributed by atoms with Crippen LogP contribution >= 0.6 is 0 Å². The standard InChI is InChI=1S/C20H32N4O3/c1-16(2)22-20(26)15-24-12-10-23(11-13-24)14-19(25)21-9-8-17-4-6-18(27-3)7-5-17/h4-7,16H,8-15H2,1-3H3,(H,21,25)(H,22,26). The molecule has 0 saturated carbocycles. The van der Waals surface area contributed by atoms with Crippen molar-refractivity contribution in [2.45, 2.75) is 26.3 Å². The highest BCUT2D eigenvalue weighted by atomic mass is 16.5. The molecule has 2 amide bonds. The summed E-state index contributed by atoms with van der Waals surface area (Å²) in [6, 6.07) is 8.05. The fraction of sp³-hybridized carbons (Fsp3) is 0.600. The van der Waals surface area contributed by atoms with Crippen LogP contribution in [0.1, 0.15) is 19.4 Å². The SMILES string of the molecule is COc1ccc(CCNC(=O)CN2CCN(CC(=O)NC(C)C)CC2)cc1. The summed E-state index contributed by atoms with van der Waals surface area (Å²) >= 11 is 0. The molecule has 1 aromatic rings. The number of amides is 2. The van der Waals surface area contributed by atoms with Crippen LogP contribution in [0.15, 0.2) is 24.3 Å². The summed E-state index contributed by atoms with van der Waals surface area (Å²) in [4.78, 5) is 28.2. The first-order valence-electron chi connectivity index (χ1n) is 9.60. The van der Waals surface area contributed by atoms with Crippen LogP contribution in [0.2, 0.25) is 0 Å². The number of carbonyl (C=O) groups is 2. The van der Waals surface area contributed by atoms with Gasteiger partial charge in [-0.05, 0) is 38.0 Å². The van der Waals surface area contributed by atoms with Gasteiger partial charge in [0.1, 0.15) is 5.75 Å². The third kappa shape index (κ3) is 7.97. The molecule has 1 aromatic carbocycles. The van der Waals surface area contributed by atoms with E-state index in [1.54, 1.807) is 7.11 Å². The molecular formula is C20H32N4O3. The summed E-state index contributed by atoms with van der Waals surface area (Å²) in [6.07, 6.45) is 0.800. The molecule has 2 rings (SSSR count). The van der Waals surface area contributed by atoms with Crippen LogP contribution in [0.25, 0.3) is 0 Å². The Kier molecular flexibility index (Phi) is 8.54. The molecule has 0 radical (unpaired) electrons. The molecule has 0 aliphatic carbocycles. The Morgan fingerprint density at radius 2 is 1.56 bits per heavy atom. The van der Waals surface area contributed by atoms with Gasteiger partial charge in [0.25, 0.3) is 0 Å². The van der Waals surface area contributed by atoms with E-state index in [1.807, 2.05) is 38.1 Å². The molecule has 27 heavy (non-hydrogen) atoms. The number of ether oxygens (including phenoxy) is 1. The quantitative estimate of drug-likeness (QED) is 0.656. The van der Waals surface area contributed by atoms with Crippen LogP contribution < -0.4 is 15.4 Å². The Hall–Kier alpha value is -2.12. The van der Waals surface area contributed by atoms with Crippen molar-refractivity contribution in [3.8, 4) is 5.75 Å². The van der Waals surface area contributed by atoms with E-state index in [2.05, 4.69) is 20.4 Å². The van der Waals surface area contributed by atoms with Crippen molar-refractivity contribution in [3.63, 3.8) is 0 Å². The van der Waals surface area contributed by atoms with E-state index in [-0.39, 0.29) is 17.9 Å². The van der Waals surface area contributed by atoms with E-state index >= 15 is 0 Å². The van der Waals surface area contributed by atoms with Gasteiger partial charge in [-0.2, -0.15) is 0 Å². The maximum atomic E-state index is 12.1. The second-order valence-electron chi connectivity index (χ2n) is 7.22. The van der Waals surface area contributed by atoms with Gasteiger partial charge in [0, 0.05) is 38.8 Å². The van der Waals surface area contributed by atoms with Gasteiger partial charge in [0.2, 0.25) is 11.8 Å². The Morgan fingerprint density at radius 3 is 2.07 bits per heavy atom. The van der Waals surface area contributed by atoms with E-state index in [9.17, 15) is 9.59 Å². The average molecular weight is 377 g/mol. The maximum Gasteiger partial charge on any atom is 0.234 e. The predicted molar refractivity (Wildman–Crippen MR) is 106 cm³/mol. The minimum absolute atomic E-state index is 0.0505. The largest absolute Gasteiger partial charge is 0.497 e. The lowest BCUT2D eigenvalue weighted by Gasteiger charge is -2.33. The fourth-order valence-corrected chi connectivity index (χ4v) is 3.07. The monoisotopic (exact) mass is 376 g/mol. The molecule has 1 saturated heterocycles. The first kappa shape index (κ1) is 21.2. The molecule has 0 bridgehead atoms. The van der Waals surface area contributed by atoms with Gasteiger partial charge < -0.3 is 15.4 Å². The Balaban J connectivity index is 1.60. The third-order valence-electron chi connectivity index (χ3n) is 4.54. The zero-order valence-corrected chi connectivity index (χ0v) is 16.7. The minimum Gasteiger partial charge on any atom is -0.497 e. The van der Waals surface area contributed by atoms with Crippen LogP contribution in [0, 0.1) is 0 Å². The van der Waals surface area contributed by atoms with E-state index in [1.165, 1.54) is 5.56 Å². The van der Waals surface area contributed by atoms with Gasteiger partial charge in [-0.25, -0.2) is 0 Å². The minimum atomic E-state index is 0.0505. The molecule has 7 heteroatoms. The number of methoxy groups -OCH3 is 1. The first-order valence-corrected chi connectivity index (χ1v) is 9.60. The molecule has 1 heterocycles. The lowest BCUT2D eigenvalue weighted by molar-refractivity contribution is -0.125. The van der Waals surface area contributed by atoms with Crippen LogP contribution in [0.3, 0.4) is 0 Å². The number of nitrogens with one attached hydrogen (secondary N) is 2. The highest BCUT2D eigenvalue weighted by Crippen LogP contribution is 2.11. The van der Waals surface area contributed by atoms with Gasteiger partial charge >= 0.3 is 0 Å². The Bertz CT molecular complexity index is 596. The third-order valence-corrected chi connectivity index (χ3v) is 4.54. The molecule has 0 unspecified atom stereocenters. The molecule has 1 aliphatic rings. The number of benzene rings is 1. The van der Waals surface area contributed by atoms with Crippen LogP contribution in [-0.4, -0.2) is 80.6 Å². The van der Waals surface area contributed by atoms with Crippen LogP contribution in [0.4, 0.5) is 0 Å². The lowest BCUT2D eigenvalue weighted by Crippen LogP contribution is -2.52. The van der Waals surface area contributed by atoms with Gasteiger partial charge in [-0.3, -0.25) is 19.4 Å². The molecular weight excluding hydrogens is 344 g/mol. The summed E-state index contributed by atoms with van der Waals surface area (Å²) in [5.74, 6) is 0.952. The molecule has 150 valence electrons. The number of hydrogen-bond donors (Lipinski definition) is 2. The molecule has 1 fully saturated rings. The molecule has 2 N–H and O–H groups in total. The molecule has 0 atom stereocenters. The van der Waals surface area contributed by atoms with Gasteiger partial charge in [0.05, 0.1) is 20.2 Å². The van der Waals surface area contributed by atoms with Gasteiger partial charge in [-0.15, -0.1) is 0 Å². The molecule has 0 aromatic heterocycles. The lowest BCUT2D eigenvalue weighted by atomic mass is 10.1. The number of rotatable bonds is 9. The zero-order valence-electron chi connectivity index (χ0n) is 16.7. The fourth-order valence-electron chi connectivity index (χ4n) is 3.07. The van der Waals surface area contributed by atoms with Crippen molar-refractivity contribution < 1.29 is 14.3 Å². The Morgan fingerprint density at radius 1 is 1.00 bits per heavy atom. The maximum absolute atomic E-state index is 12.1. The summed E-state index contributed by atoms with van der Waals surface area (Å²) in [6.45, 7) is 8.62. The molecule has 1 aliphatic heterocycles. The van der Waals surface area contributed by atoms with Crippen molar-refractivity contribution in [3.05, 3.63) is 29.8 Å². The van der Waals surface area contributed by atoms with Gasteiger partial charge in [0.15, 0.2) is 0 Å². The summed E-state index contributed by atoms with van der Waals surface area (Å²) in [7, 11) is 1.65. The van der Waals surface area contributed by atoms with Crippen molar-refractivity contribution in [1.82, 2.24) is 20.4 Å². The van der Waals surface area contributed by atoms with Crippen molar-refractivity contribution in [1.29, 1.82) is 0 Å². The van der Waals surface area contributed by atoms with E-state index in [0.29, 0.717) is 19.6 Å². The molecule has 0 spiro atoms. The number of carbonyl (C=O) groups excluding carboxylic acids is 2. The smallest absolute Gasteiger partial charge is 0.234 e. The average Bonchev–Trinajstić information content (AvgIpc) is 2.63. The Labute approximate surface area is 162 Å². The first-order chi connectivity index (χ1) is 13.0. The highest BCUT2D eigenvalue weighted by molar-refractivity contribution is 5.78. The number of hydrogen-bond acceptors (Lipinski definition) is 5. The topological polar surface area (TPSA) is 73.9 Å². The summed E-state index contributed by atoms with van der Waals surface area (Å²) < 4.78 is 5.14. The van der Waals surface area contributed by atoms with E-state index in [0.717, 1.165) is 38.3 Å². The molecule has 7 nitrogen and oxygen atoms in total. The number of piperazine rings is 1. The summed E-state index contributed by atoms with van der Waals surface area (Å²) in [5, 5.41) is 5.89. The van der Waals surface area contributed by atoms with Crippen molar-refractivity contribution in [2.75, 3.05) is 52.9 Å². The van der Waals surface area contributed by atoms with Crippen molar-refractivity contribution in [2.24, 2.45) is 0 Å². The second-order valence-corrected chi connectivity index (χ2v) is 7.22. The summed E-state index contributed by atoms with van der Waals surface area (Å²) in [5.41, 5.74) is 1.17. The van der Waals surface area contributed by atoms with Crippen molar-refractivity contribution >= 4 is 11.8 Å². The van der Waals surface area contributed by atoms with E-state index in [4.69, 9.17) is 4.74 Å².